The van der Waals surface area contributed by atoms with E-state index in [0.717, 1.165) is 31.9 Å². The second-order valence-electron chi connectivity index (χ2n) is 7.14. The van der Waals surface area contributed by atoms with Crippen LogP contribution in [0.15, 0.2) is 48.8 Å². The topological polar surface area (TPSA) is 37.4 Å². The third-order valence-corrected chi connectivity index (χ3v) is 5.33. The molecule has 140 valence electrons. The number of halogens is 1. The van der Waals surface area contributed by atoms with E-state index in [0.29, 0.717) is 12.1 Å². The highest BCUT2D eigenvalue weighted by molar-refractivity contribution is 5.85. The van der Waals surface area contributed by atoms with Gasteiger partial charge in [-0.25, -0.2) is 0 Å². The van der Waals surface area contributed by atoms with Crippen molar-refractivity contribution in [3.8, 4) is 5.75 Å². The average molecular weight is 374 g/mol. The summed E-state index contributed by atoms with van der Waals surface area (Å²) in [6.45, 7) is 4.04. The molecule has 2 aliphatic rings. The zero-order valence-electron chi connectivity index (χ0n) is 15.1. The first-order chi connectivity index (χ1) is 12.4. The van der Waals surface area contributed by atoms with E-state index in [-0.39, 0.29) is 12.4 Å². The predicted octanol–water partition coefficient (Wildman–Crippen LogP) is 3.97. The van der Waals surface area contributed by atoms with Gasteiger partial charge in [0.2, 0.25) is 0 Å². The van der Waals surface area contributed by atoms with Crippen LogP contribution in [0.4, 0.5) is 0 Å². The Bertz CT molecular complexity index is 676. The minimum absolute atomic E-state index is 0. The van der Waals surface area contributed by atoms with Crippen LogP contribution in [0, 0.1) is 0 Å². The lowest BCUT2D eigenvalue weighted by atomic mass is 10.0. The number of nitrogens with zero attached hydrogens (tertiary/aromatic N) is 2. The molecule has 1 aliphatic heterocycles. The zero-order chi connectivity index (χ0) is 16.9. The lowest BCUT2D eigenvalue weighted by molar-refractivity contribution is 0.153. The fraction of sp³-hybridized carbons (Fsp3) is 0.476. The van der Waals surface area contributed by atoms with Gasteiger partial charge < -0.3 is 10.1 Å². The molecule has 5 heteroatoms. The van der Waals surface area contributed by atoms with Crippen molar-refractivity contribution in [1.82, 2.24) is 15.2 Å². The van der Waals surface area contributed by atoms with E-state index in [1.165, 1.54) is 36.8 Å². The largest absolute Gasteiger partial charge is 0.490 e. The molecule has 1 unspecified atom stereocenters. The molecule has 1 aromatic carbocycles. The van der Waals surface area contributed by atoms with E-state index in [2.05, 4.69) is 51.6 Å². The normalized spacial score (nSPS) is 21.3. The molecule has 1 aromatic heterocycles. The molecule has 1 saturated carbocycles. The van der Waals surface area contributed by atoms with Crippen LogP contribution in [0.2, 0.25) is 0 Å². The Morgan fingerprint density at radius 3 is 2.73 bits per heavy atom. The zero-order valence-corrected chi connectivity index (χ0v) is 16.0. The molecule has 2 aromatic rings. The van der Waals surface area contributed by atoms with Gasteiger partial charge in [0.1, 0.15) is 5.75 Å². The Morgan fingerprint density at radius 2 is 1.92 bits per heavy atom. The van der Waals surface area contributed by atoms with E-state index < -0.39 is 0 Å². The van der Waals surface area contributed by atoms with Crippen molar-refractivity contribution < 1.29 is 4.74 Å². The smallest absolute Gasteiger partial charge is 0.120 e. The van der Waals surface area contributed by atoms with Crippen molar-refractivity contribution in [2.45, 2.75) is 44.4 Å². The van der Waals surface area contributed by atoms with E-state index in [1.54, 1.807) is 0 Å². The van der Waals surface area contributed by atoms with Gasteiger partial charge >= 0.3 is 0 Å². The molecule has 0 bridgehead atoms. The van der Waals surface area contributed by atoms with Gasteiger partial charge in [-0.2, -0.15) is 0 Å². The third-order valence-electron chi connectivity index (χ3n) is 5.33. The summed E-state index contributed by atoms with van der Waals surface area (Å²) >= 11 is 0. The Morgan fingerprint density at radius 1 is 1.12 bits per heavy atom. The highest BCUT2D eigenvalue weighted by atomic mass is 35.5. The van der Waals surface area contributed by atoms with Crippen molar-refractivity contribution in [2.24, 2.45) is 0 Å². The molecule has 0 radical (unpaired) electrons. The van der Waals surface area contributed by atoms with Crippen LogP contribution >= 0.6 is 12.4 Å². The maximum atomic E-state index is 6.18. The molecular weight excluding hydrogens is 346 g/mol. The van der Waals surface area contributed by atoms with Crippen LogP contribution in [0.3, 0.4) is 0 Å². The number of benzene rings is 1. The van der Waals surface area contributed by atoms with Crippen LogP contribution < -0.4 is 10.1 Å². The summed E-state index contributed by atoms with van der Waals surface area (Å²) in [4.78, 5) is 6.71. The van der Waals surface area contributed by atoms with E-state index in [4.69, 9.17) is 4.74 Å². The van der Waals surface area contributed by atoms with Crippen LogP contribution in [0.5, 0.6) is 5.75 Å². The molecule has 2 heterocycles. The van der Waals surface area contributed by atoms with Crippen LogP contribution in [0.25, 0.3) is 0 Å². The van der Waals surface area contributed by atoms with Crippen LogP contribution in [0.1, 0.15) is 42.9 Å². The molecule has 0 spiro atoms. The van der Waals surface area contributed by atoms with E-state index in [1.807, 2.05) is 12.4 Å². The Balaban J connectivity index is 0.00000196. The first-order valence-electron chi connectivity index (χ1n) is 9.49. The maximum absolute atomic E-state index is 6.18. The number of piperazine rings is 1. The minimum atomic E-state index is 0. The first kappa shape index (κ1) is 19.2. The van der Waals surface area contributed by atoms with Crippen molar-refractivity contribution in [3.63, 3.8) is 0 Å². The first-order valence-corrected chi connectivity index (χ1v) is 9.49. The SMILES string of the molecule is Cl.c1cc(CN2CCNCC2c2ccncc2)cc(OC2CCCC2)c1. The number of pyridine rings is 1. The highest BCUT2D eigenvalue weighted by Gasteiger charge is 2.24. The van der Waals surface area contributed by atoms with Gasteiger partial charge in [0.05, 0.1) is 6.10 Å². The monoisotopic (exact) mass is 373 g/mol. The van der Waals surface area contributed by atoms with Crippen LogP contribution in [-0.4, -0.2) is 35.6 Å². The van der Waals surface area contributed by atoms with Crippen molar-refractivity contribution in [2.75, 3.05) is 19.6 Å². The van der Waals surface area contributed by atoms with E-state index >= 15 is 0 Å². The summed E-state index contributed by atoms with van der Waals surface area (Å²) in [5, 5.41) is 3.52. The summed E-state index contributed by atoms with van der Waals surface area (Å²) in [6, 6.07) is 13.3. The molecule has 1 saturated heterocycles. The Hall–Kier alpha value is -1.62. The van der Waals surface area contributed by atoms with Gasteiger partial charge in [-0.15, -0.1) is 12.4 Å². The Labute approximate surface area is 162 Å². The molecule has 0 amide bonds. The molecule has 1 atom stereocenters. The number of ether oxygens (including phenoxy) is 1. The second-order valence-corrected chi connectivity index (χ2v) is 7.14. The average Bonchev–Trinajstić information content (AvgIpc) is 3.16. The van der Waals surface area contributed by atoms with Crippen molar-refractivity contribution in [3.05, 3.63) is 59.9 Å². The fourth-order valence-electron chi connectivity index (χ4n) is 4.00. The summed E-state index contributed by atoms with van der Waals surface area (Å²) in [7, 11) is 0. The summed E-state index contributed by atoms with van der Waals surface area (Å²) in [6.07, 6.45) is 9.20. The lowest BCUT2D eigenvalue weighted by Crippen LogP contribution is -2.45. The highest BCUT2D eigenvalue weighted by Crippen LogP contribution is 2.27. The molecule has 26 heavy (non-hydrogen) atoms. The molecule has 2 fully saturated rings. The Kier molecular flexibility index (Phi) is 6.89. The predicted molar refractivity (Wildman–Crippen MR) is 107 cm³/mol. The minimum Gasteiger partial charge on any atom is -0.490 e. The quantitative estimate of drug-likeness (QED) is 0.860. The van der Waals surface area contributed by atoms with Crippen LogP contribution in [-0.2, 0) is 6.54 Å². The van der Waals surface area contributed by atoms with Crippen molar-refractivity contribution >= 4 is 12.4 Å². The fourth-order valence-corrected chi connectivity index (χ4v) is 4.00. The summed E-state index contributed by atoms with van der Waals surface area (Å²) in [5.74, 6) is 1.03. The maximum Gasteiger partial charge on any atom is 0.120 e. The number of aromatic nitrogens is 1. The van der Waals surface area contributed by atoms with Gasteiger partial charge in [0.15, 0.2) is 0 Å². The lowest BCUT2D eigenvalue weighted by Gasteiger charge is -2.36. The molecular formula is C21H28ClN3O. The third kappa shape index (κ3) is 4.76. The van der Waals surface area contributed by atoms with Gasteiger partial charge in [-0.1, -0.05) is 12.1 Å². The molecule has 1 aliphatic carbocycles. The molecule has 4 rings (SSSR count). The number of nitrogens with one attached hydrogen (secondary N) is 1. The van der Waals surface area contributed by atoms with Gasteiger partial charge in [-0.3, -0.25) is 9.88 Å². The van der Waals surface area contributed by atoms with Gasteiger partial charge in [0.25, 0.3) is 0 Å². The summed E-state index contributed by atoms with van der Waals surface area (Å²) in [5.41, 5.74) is 2.66. The summed E-state index contributed by atoms with van der Waals surface area (Å²) < 4.78 is 6.18. The molecule has 1 N–H and O–H groups in total. The standard InChI is InChI=1S/C21H27N3O.ClH/c1-2-6-19(5-1)25-20-7-3-4-17(14-20)16-24-13-12-23-15-21(24)18-8-10-22-11-9-18;/h3-4,7-11,14,19,21,23H,1-2,5-6,12-13,15-16H2;1H. The number of hydrogen-bond donors (Lipinski definition) is 1. The number of hydrogen-bond acceptors (Lipinski definition) is 4. The molecule has 4 nitrogen and oxygen atoms in total. The van der Waals surface area contributed by atoms with Crippen molar-refractivity contribution in [1.29, 1.82) is 0 Å². The van der Waals surface area contributed by atoms with E-state index in [9.17, 15) is 0 Å². The number of rotatable bonds is 5. The van der Waals surface area contributed by atoms with Gasteiger partial charge in [-0.05, 0) is 61.1 Å². The van der Waals surface area contributed by atoms with Gasteiger partial charge in [0, 0.05) is 44.6 Å². The second kappa shape index (κ2) is 9.36.